The lowest BCUT2D eigenvalue weighted by atomic mass is 9.88. The number of hydrogen-bond acceptors (Lipinski definition) is 4. The van der Waals surface area contributed by atoms with E-state index < -0.39 is 5.91 Å². The summed E-state index contributed by atoms with van der Waals surface area (Å²) in [7, 11) is 0. The van der Waals surface area contributed by atoms with Gasteiger partial charge in [0.15, 0.2) is 0 Å². The highest BCUT2D eigenvalue weighted by Crippen LogP contribution is 2.46. The predicted molar refractivity (Wildman–Crippen MR) is 112 cm³/mol. The first kappa shape index (κ1) is 20.8. The van der Waals surface area contributed by atoms with Gasteiger partial charge in [0.25, 0.3) is 5.91 Å². The number of hydrogen-bond donors (Lipinski definition) is 2. The van der Waals surface area contributed by atoms with Crippen molar-refractivity contribution in [3.8, 4) is 11.3 Å². The van der Waals surface area contributed by atoms with Crippen LogP contribution in [0.1, 0.15) is 33.6 Å². The fourth-order valence-corrected chi connectivity index (χ4v) is 4.94. The van der Waals surface area contributed by atoms with Crippen LogP contribution in [0.25, 0.3) is 11.3 Å². The number of thiophene rings is 1. The molecule has 3 rings (SSSR count). The van der Waals surface area contributed by atoms with Gasteiger partial charge in [-0.25, -0.2) is 4.39 Å². The summed E-state index contributed by atoms with van der Waals surface area (Å²) in [4.78, 5) is 12.5. The van der Waals surface area contributed by atoms with Gasteiger partial charge in [0.2, 0.25) is 0 Å². The summed E-state index contributed by atoms with van der Waals surface area (Å²) in [5.41, 5.74) is 14.3. The third kappa shape index (κ3) is 3.93. The zero-order valence-electron chi connectivity index (χ0n) is 15.1. The van der Waals surface area contributed by atoms with Gasteiger partial charge in [-0.2, -0.15) is 5.10 Å². The average molecular weight is 441 g/mol. The van der Waals surface area contributed by atoms with E-state index in [4.69, 9.17) is 34.7 Å². The number of amides is 1. The molecule has 0 saturated heterocycles. The lowest BCUT2D eigenvalue weighted by Crippen LogP contribution is -2.20. The lowest BCUT2D eigenvalue weighted by Gasteiger charge is -2.19. The molecule has 4 N–H and O–H groups in total. The maximum absolute atomic E-state index is 13.6. The van der Waals surface area contributed by atoms with E-state index in [1.165, 1.54) is 18.3 Å². The van der Waals surface area contributed by atoms with Crippen LogP contribution in [0.4, 0.5) is 4.39 Å². The molecule has 0 fully saturated rings. The Hall–Kier alpha value is -1.93. The molecule has 1 aromatic carbocycles. The van der Waals surface area contributed by atoms with Gasteiger partial charge < -0.3 is 11.5 Å². The Bertz CT molecular complexity index is 1020. The highest BCUT2D eigenvalue weighted by molar-refractivity contribution is 7.18. The number of nitrogens with two attached hydrogens (primary N) is 2. The summed E-state index contributed by atoms with van der Waals surface area (Å²) in [6, 6.07) is 6.27. The van der Waals surface area contributed by atoms with Crippen molar-refractivity contribution < 1.29 is 9.18 Å². The fourth-order valence-electron chi connectivity index (χ4n) is 3.31. The van der Waals surface area contributed by atoms with Crippen LogP contribution in [0, 0.1) is 5.82 Å². The van der Waals surface area contributed by atoms with E-state index in [1.54, 1.807) is 10.7 Å². The smallest absolute Gasteiger partial charge is 0.259 e. The number of aryl methyl sites for hydroxylation is 1. The quantitative estimate of drug-likeness (QED) is 0.568. The Balaban J connectivity index is 2.19. The van der Waals surface area contributed by atoms with E-state index in [0.29, 0.717) is 44.0 Å². The van der Waals surface area contributed by atoms with Crippen LogP contribution < -0.4 is 11.5 Å². The Kier molecular flexibility index (Phi) is 6.40. The van der Waals surface area contributed by atoms with Gasteiger partial charge in [-0.05, 0) is 43.1 Å². The zero-order chi connectivity index (χ0) is 20.4. The maximum atomic E-state index is 13.6. The molecule has 2 aromatic heterocycles. The molecule has 0 spiro atoms. The zero-order valence-corrected chi connectivity index (χ0v) is 17.4. The van der Waals surface area contributed by atoms with Gasteiger partial charge in [0.1, 0.15) is 10.2 Å². The highest BCUT2D eigenvalue weighted by Gasteiger charge is 2.30. The second-order valence-electron chi connectivity index (χ2n) is 6.28. The van der Waals surface area contributed by atoms with E-state index in [2.05, 4.69) is 5.10 Å². The molecular formula is C19H19Cl2FN4OS. The minimum absolute atomic E-state index is 0.217. The van der Waals surface area contributed by atoms with Crippen molar-refractivity contribution in [3.05, 3.63) is 61.6 Å². The standard InChI is InChI=1S/C19H19Cl2FN4OS/c1-2-26-16(13(20)9-25-26)15-14(17(19(24)27)28-18(15)21)11(8-23)6-10-4-3-5-12(22)7-10/h3-5,7,9,11H,2,6,8,23H2,1H3,(H2,24,27)/t11-/m1/s1. The average Bonchev–Trinajstić information content (AvgIpc) is 3.19. The van der Waals surface area contributed by atoms with Gasteiger partial charge in [-0.1, -0.05) is 35.3 Å². The minimum atomic E-state index is -0.593. The van der Waals surface area contributed by atoms with Crippen LogP contribution in [-0.2, 0) is 13.0 Å². The molecule has 5 nitrogen and oxygen atoms in total. The molecule has 1 atom stereocenters. The topological polar surface area (TPSA) is 86.9 Å². The summed E-state index contributed by atoms with van der Waals surface area (Å²) >= 11 is 14.0. The van der Waals surface area contributed by atoms with E-state index in [1.807, 2.05) is 13.0 Å². The van der Waals surface area contributed by atoms with Crippen LogP contribution in [0.3, 0.4) is 0 Å². The van der Waals surface area contributed by atoms with Gasteiger partial charge in [0, 0.05) is 18.0 Å². The lowest BCUT2D eigenvalue weighted by molar-refractivity contribution is 0.100. The number of rotatable bonds is 7. The molecule has 0 aliphatic rings. The predicted octanol–water partition coefficient (Wildman–Crippen LogP) is 4.46. The van der Waals surface area contributed by atoms with Gasteiger partial charge >= 0.3 is 0 Å². The van der Waals surface area contributed by atoms with Gasteiger partial charge in [0.05, 0.1) is 21.8 Å². The number of carbonyl (C=O) groups is 1. The van der Waals surface area contributed by atoms with E-state index in [0.717, 1.165) is 16.9 Å². The molecule has 2 heterocycles. The third-order valence-electron chi connectivity index (χ3n) is 4.52. The molecule has 28 heavy (non-hydrogen) atoms. The van der Waals surface area contributed by atoms with E-state index >= 15 is 0 Å². The molecule has 0 aliphatic heterocycles. The fraction of sp³-hybridized carbons (Fsp3) is 0.263. The number of carbonyl (C=O) groups excluding carboxylic acids is 1. The first-order valence-electron chi connectivity index (χ1n) is 8.65. The third-order valence-corrected chi connectivity index (χ3v) is 6.23. The number of benzene rings is 1. The van der Waals surface area contributed by atoms with Crippen molar-refractivity contribution in [3.63, 3.8) is 0 Å². The molecule has 1 amide bonds. The van der Waals surface area contributed by atoms with Crippen LogP contribution in [0.2, 0.25) is 9.36 Å². The Morgan fingerprint density at radius 2 is 2.14 bits per heavy atom. The molecule has 0 aliphatic carbocycles. The van der Waals surface area contributed by atoms with Crippen molar-refractivity contribution in [2.75, 3.05) is 6.54 Å². The summed E-state index contributed by atoms with van der Waals surface area (Å²) in [6.45, 7) is 2.71. The Labute approximate surface area is 176 Å². The summed E-state index contributed by atoms with van der Waals surface area (Å²) in [6.07, 6.45) is 1.96. The Morgan fingerprint density at radius 3 is 2.75 bits per heavy atom. The number of nitrogens with zero attached hydrogens (tertiary/aromatic N) is 2. The van der Waals surface area contributed by atoms with Crippen LogP contribution >= 0.6 is 34.5 Å². The number of aromatic nitrogens is 2. The van der Waals surface area contributed by atoms with Crippen LogP contribution in [0.5, 0.6) is 0 Å². The number of primary amides is 1. The monoisotopic (exact) mass is 440 g/mol. The van der Waals surface area contributed by atoms with Crippen molar-refractivity contribution in [1.82, 2.24) is 9.78 Å². The van der Waals surface area contributed by atoms with E-state index in [9.17, 15) is 9.18 Å². The second kappa shape index (κ2) is 8.61. The summed E-state index contributed by atoms with van der Waals surface area (Å²) < 4.78 is 15.7. The van der Waals surface area contributed by atoms with Crippen molar-refractivity contribution in [2.24, 2.45) is 11.5 Å². The van der Waals surface area contributed by atoms with Crippen molar-refractivity contribution in [2.45, 2.75) is 25.8 Å². The molecule has 3 aromatic rings. The summed E-state index contributed by atoms with van der Waals surface area (Å²) in [5.74, 6) is -1.23. The Morgan fingerprint density at radius 1 is 1.39 bits per heavy atom. The molecule has 148 valence electrons. The van der Waals surface area contributed by atoms with Crippen LogP contribution in [0.15, 0.2) is 30.5 Å². The molecule has 0 saturated carbocycles. The SMILES string of the molecule is CCn1ncc(Cl)c1-c1c(Cl)sc(C(N)=O)c1[C@@H](CN)Cc1cccc(F)c1. The first-order chi connectivity index (χ1) is 13.4. The number of halogens is 3. The van der Waals surface area contributed by atoms with Crippen LogP contribution in [-0.4, -0.2) is 22.2 Å². The molecule has 0 radical (unpaired) electrons. The van der Waals surface area contributed by atoms with Gasteiger partial charge in [-0.3, -0.25) is 9.48 Å². The first-order valence-corrected chi connectivity index (χ1v) is 10.2. The van der Waals surface area contributed by atoms with E-state index in [-0.39, 0.29) is 18.3 Å². The summed E-state index contributed by atoms with van der Waals surface area (Å²) in [5, 5.41) is 4.68. The molecule has 9 heteroatoms. The largest absolute Gasteiger partial charge is 0.365 e. The normalized spacial score (nSPS) is 12.3. The maximum Gasteiger partial charge on any atom is 0.259 e. The van der Waals surface area contributed by atoms with Crippen molar-refractivity contribution >= 4 is 40.4 Å². The van der Waals surface area contributed by atoms with Crippen molar-refractivity contribution in [1.29, 1.82) is 0 Å². The highest BCUT2D eigenvalue weighted by atomic mass is 35.5. The molecular weight excluding hydrogens is 422 g/mol. The van der Waals surface area contributed by atoms with Gasteiger partial charge in [-0.15, -0.1) is 11.3 Å². The minimum Gasteiger partial charge on any atom is -0.365 e. The molecule has 0 bridgehead atoms. The second-order valence-corrected chi connectivity index (χ2v) is 8.31. The molecule has 0 unspecified atom stereocenters.